The molecule has 0 bridgehead atoms. The van der Waals surface area contributed by atoms with Gasteiger partial charge < -0.3 is 9.15 Å². The zero-order chi connectivity index (χ0) is 14.9. The van der Waals surface area contributed by atoms with Crippen LogP contribution in [0.5, 0.6) is 0 Å². The number of benzene rings is 1. The molecule has 1 aromatic heterocycles. The zero-order valence-corrected chi connectivity index (χ0v) is 11.0. The number of fused-ring (bicyclic) bond motifs is 1. The van der Waals surface area contributed by atoms with Crippen molar-refractivity contribution in [1.29, 1.82) is 0 Å². The highest BCUT2D eigenvalue weighted by Crippen LogP contribution is 2.29. The fraction of sp³-hybridized carbons (Fsp3) is 0.231. The summed E-state index contributed by atoms with van der Waals surface area (Å²) in [5.41, 5.74) is -2.00. The molecule has 0 fully saturated rings. The number of hydrogen-bond acceptors (Lipinski definition) is 4. The van der Waals surface area contributed by atoms with E-state index < -0.39 is 22.9 Å². The number of esters is 1. The smallest absolute Gasteiger partial charge is 0.382 e. The summed E-state index contributed by atoms with van der Waals surface area (Å²) in [5, 5.41) is 0.0698. The predicted molar refractivity (Wildman–Crippen MR) is 68.0 cm³/mol. The van der Waals surface area contributed by atoms with E-state index in [4.69, 9.17) is 16.0 Å². The molecular formula is C13H9ClF2O4. The van der Waals surface area contributed by atoms with E-state index in [0.717, 1.165) is 0 Å². The van der Waals surface area contributed by atoms with Crippen LogP contribution < -0.4 is 5.43 Å². The Kier molecular flexibility index (Phi) is 3.76. The van der Waals surface area contributed by atoms with Crippen molar-refractivity contribution in [2.75, 3.05) is 6.61 Å². The average molecular weight is 303 g/mol. The van der Waals surface area contributed by atoms with Crippen LogP contribution in [-0.4, -0.2) is 12.6 Å². The van der Waals surface area contributed by atoms with Crippen LogP contribution in [-0.2, 0) is 15.5 Å². The summed E-state index contributed by atoms with van der Waals surface area (Å²) in [5.74, 6) is -5.87. The Hall–Kier alpha value is -1.95. The number of rotatable bonds is 3. The third-order valence-electron chi connectivity index (χ3n) is 2.60. The van der Waals surface area contributed by atoms with Crippen LogP contribution in [0.1, 0.15) is 12.5 Å². The lowest BCUT2D eigenvalue weighted by molar-refractivity contribution is -0.173. The van der Waals surface area contributed by atoms with Gasteiger partial charge in [0, 0.05) is 5.02 Å². The third kappa shape index (κ3) is 2.38. The first-order valence-corrected chi connectivity index (χ1v) is 6.02. The summed E-state index contributed by atoms with van der Waals surface area (Å²) in [4.78, 5) is 23.3. The van der Waals surface area contributed by atoms with Gasteiger partial charge in [-0.3, -0.25) is 4.79 Å². The van der Waals surface area contributed by atoms with Gasteiger partial charge in [0.05, 0.1) is 12.0 Å². The second-order valence-electron chi connectivity index (χ2n) is 3.91. The Morgan fingerprint density at radius 1 is 1.45 bits per heavy atom. The fourth-order valence-electron chi connectivity index (χ4n) is 1.65. The molecule has 0 N–H and O–H groups in total. The summed E-state index contributed by atoms with van der Waals surface area (Å²) in [6, 6.07) is 4.04. The first kappa shape index (κ1) is 14.5. The Labute approximate surface area is 116 Å². The number of hydrogen-bond donors (Lipinski definition) is 0. The van der Waals surface area contributed by atoms with Crippen LogP contribution in [0.4, 0.5) is 8.78 Å². The van der Waals surface area contributed by atoms with Crippen LogP contribution in [0.3, 0.4) is 0 Å². The average Bonchev–Trinajstić information content (AvgIpc) is 2.39. The third-order valence-corrected chi connectivity index (χ3v) is 2.84. The molecule has 2 rings (SSSR count). The van der Waals surface area contributed by atoms with Crippen molar-refractivity contribution < 1.29 is 22.7 Å². The molecule has 0 amide bonds. The second kappa shape index (κ2) is 5.20. The largest absolute Gasteiger partial charge is 0.464 e. The Morgan fingerprint density at radius 3 is 2.80 bits per heavy atom. The summed E-state index contributed by atoms with van der Waals surface area (Å²) in [6.45, 7) is 1.16. The highest BCUT2D eigenvalue weighted by atomic mass is 35.5. The number of alkyl halides is 2. The molecule has 4 nitrogen and oxygen atoms in total. The second-order valence-corrected chi connectivity index (χ2v) is 4.35. The van der Waals surface area contributed by atoms with Gasteiger partial charge in [0.15, 0.2) is 0 Å². The van der Waals surface area contributed by atoms with E-state index in [0.29, 0.717) is 6.26 Å². The van der Waals surface area contributed by atoms with Crippen molar-refractivity contribution >= 4 is 28.5 Å². The van der Waals surface area contributed by atoms with Gasteiger partial charge in [0.25, 0.3) is 0 Å². The van der Waals surface area contributed by atoms with Gasteiger partial charge in [-0.25, -0.2) is 4.79 Å². The van der Waals surface area contributed by atoms with Gasteiger partial charge in [0.2, 0.25) is 5.43 Å². The predicted octanol–water partition coefficient (Wildman–Crippen LogP) is 3.10. The number of carbonyl (C=O) groups excluding carboxylic acids is 1. The molecule has 20 heavy (non-hydrogen) atoms. The molecule has 7 heteroatoms. The van der Waals surface area contributed by atoms with E-state index in [-0.39, 0.29) is 22.6 Å². The van der Waals surface area contributed by atoms with Crippen LogP contribution in [0.25, 0.3) is 11.0 Å². The molecule has 0 atom stereocenters. The lowest BCUT2D eigenvalue weighted by atomic mass is 10.1. The van der Waals surface area contributed by atoms with Crippen molar-refractivity contribution in [2.24, 2.45) is 0 Å². The Bertz CT molecular complexity index is 724. The van der Waals surface area contributed by atoms with Gasteiger partial charge >= 0.3 is 11.9 Å². The van der Waals surface area contributed by atoms with Gasteiger partial charge in [-0.1, -0.05) is 11.6 Å². The molecule has 0 saturated heterocycles. The quantitative estimate of drug-likeness (QED) is 0.818. The maximum Gasteiger partial charge on any atom is 0.382 e. The summed E-state index contributed by atoms with van der Waals surface area (Å²) < 4.78 is 36.9. The molecule has 0 saturated carbocycles. The number of ether oxygens (including phenoxy) is 1. The molecule has 0 spiro atoms. The number of carbonyl (C=O) groups is 1. The zero-order valence-electron chi connectivity index (χ0n) is 10.3. The fourth-order valence-corrected chi connectivity index (χ4v) is 1.82. The van der Waals surface area contributed by atoms with E-state index in [1.54, 1.807) is 0 Å². The van der Waals surface area contributed by atoms with Crippen molar-refractivity contribution in [3.63, 3.8) is 0 Å². The molecule has 1 heterocycles. The summed E-state index contributed by atoms with van der Waals surface area (Å²) in [6.07, 6.45) is 0.565. The van der Waals surface area contributed by atoms with Gasteiger partial charge in [-0.05, 0) is 25.1 Å². The monoisotopic (exact) mass is 302 g/mol. The molecule has 0 radical (unpaired) electrons. The Morgan fingerprint density at radius 2 is 2.15 bits per heavy atom. The maximum atomic E-state index is 13.9. The van der Waals surface area contributed by atoms with Crippen LogP contribution in [0.15, 0.2) is 33.7 Å². The van der Waals surface area contributed by atoms with Crippen LogP contribution >= 0.6 is 11.6 Å². The van der Waals surface area contributed by atoms with Crippen LogP contribution in [0.2, 0.25) is 5.02 Å². The first-order valence-electron chi connectivity index (χ1n) is 5.64. The minimum Gasteiger partial charge on any atom is -0.464 e. The minimum absolute atomic E-state index is 0.0998. The molecule has 106 valence electrons. The lowest BCUT2D eigenvalue weighted by Gasteiger charge is -2.14. The normalized spacial score (nSPS) is 11.6. The minimum atomic E-state index is -4.08. The van der Waals surface area contributed by atoms with Crippen molar-refractivity contribution in [2.45, 2.75) is 12.8 Å². The van der Waals surface area contributed by atoms with Crippen molar-refractivity contribution in [3.8, 4) is 0 Å². The van der Waals surface area contributed by atoms with Gasteiger partial charge in [-0.15, -0.1) is 0 Å². The summed E-state index contributed by atoms with van der Waals surface area (Å²) in [7, 11) is 0. The SMILES string of the molecule is CCOC(=O)C(F)(F)c1coc2ccc(Cl)cc2c1=O. The standard InChI is InChI=1S/C13H9ClF2O4/c1-2-19-12(18)13(15,16)9-6-20-10-4-3-7(14)5-8(10)11(9)17/h3-6H,2H2,1H3. The van der Waals surface area contributed by atoms with Crippen molar-refractivity contribution in [1.82, 2.24) is 0 Å². The lowest BCUT2D eigenvalue weighted by Crippen LogP contribution is -2.33. The molecule has 0 aliphatic heterocycles. The Balaban J connectivity index is 2.64. The molecule has 1 aromatic carbocycles. The molecule has 0 aliphatic carbocycles. The molecular weight excluding hydrogens is 294 g/mol. The first-order chi connectivity index (χ1) is 9.37. The van der Waals surface area contributed by atoms with Gasteiger partial charge in [0.1, 0.15) is 17.4 Å². The van der Waals surface area contributed by atoms with E-state index in [1.807, 2.05) is 0 Å². The highest BCUT2D eigenvalue weighted by Gasteiger charge is 2.45. The maximum absolute atomic E-state index is 13.9. The topological polar surface area (TPSA) is 56.5 Å². The number of halogens is 3. The van der Waals surface area contributed by atoms with E-state index in [1.165, 1.54) is 25.1 Å². The highest BCUT2D eigenvalue weighted by molar-refractivity contribution is 6.31. The molecule has 0 unspecified atom stereocenters. The van der Waals surface area contributed by atoms with Crippen LogP contribution in [0, 0.1) is 0 Å². The van der Waals surface area contributed by atoms with E-state index >= 15 is 0 Å². The molecule has 2 aromatic rings. The van der Waals surface area contributed by atoms with E-state index in [9.17, 15) is 18.4 Å². The summed E-state index contributed by atoms with van der Waals surface area (Å²) >= 11 is 5.71. The van der Waals surface area contributed by atoms with E-state index in [2.05, 4.69) is 4.74 Å². The van der Waals surface area contributed by atoms with Crippen molar-refractivity contribution in [3.05, 3.63) is 45.3 Å². The molecule has 0 aliphatic rings. The van der Waals surface area contributed by atoms with Gasteiger partial charge in [-0.2, -0.15) is 8.78 Å².